The van der Waals surface area contributed by atoms with E-state index in [1.807, 2.05) is 18.7 Å². The lowest BCUT2D eigenvalue weighted by atomic mass is 10.0. The molecule has 1 heterocycles. The normalized spacial score (nSPS) is 22.6. The Kier molecular flexibility index (Phi) is 5.62. The van der Waals surface area contributed by atoms with Gasteiger partial charge in [-0.15, -0.1) is 0 Å². The zero-order valence-corrected chi connectivity index (χ0v) is 13.6. The van der Waals surface area contributed by atoms with Gasteiger partial charge in [0.15, 0.2) is 0 Å². The SMILES string of the molecule is CC(=O)NC(C(=O)N1CCN(C2CCCC2)CC1)C(C)C. The van der Waals surface area contributed by atoms with Crippen LogP contribution < -0.4 is 5.32 Å². The molecule has 2 aliphatic rings. The molecule has 0 aromatic rings. The predicted molar refractivity (Wildman–Crippen MR) is 82.9 cm³/mol. The summed E-state index contributed by atoms with van der Waals surface area (Å²) in [6, 6.07) is 0.346. The van der Waals surface area contributed by atoms with Crippen molar-refractivity contribution in [3.8, 4) is 0 Å². The van der Waals surface area contributed by atoms with E-state index < -0.39 is 0 Å². The molecule has 1 N–H and O–H groups in total. The Bertz CT molecular complexity index is 370. The minimum atomic E-state index is -0.388. The predicted octanol–water partition coefficient (Wildman–Crippen LogP) is 1.23. The van der Waals surface area contributed by atoms with Crippen molar-refractivity contribution >= 4 is 11.8 Å². The number of amides is 2. The van der Waals surface area contributed by atoms with Gasteiger partial charge in [0.25, 0.3) is 0 Å². The topological polar surface area (TPSA) is 52.7 Å². The molecule has 0 bridgehead atoms. The first-order valence-electron chi connectivity index (χ1n) is 8.29. The van der Waals surface area contributed by atoms with E-state index in [0.717, 1.165) is 32.2 Å². The molecule has 0 radical (unpaired) electrons. The fourth-order valence-corrected chi connectivity index (χ4v) is 3.51. The Morgan fingerprint density at radius 2 is 1.62 bits per heavy atom. The Labute approximate surface area is 128 Å². The van der Waals surface area contributed by atoms with E-state index >= 15 is 0 Å². The van der Waals surface area contributed by atoms with E-state index in [-0.39, 0.29) is 23.8 Å². The summed E-state index contributed by atoms with van der Waals surface area (Å²) in [5, 5.41) is 2.80. The maximum Gasteiger partial charge on any atom is 0.245 e. The average molecular weight is 295 g/mol. The number of carbonyl (C=O) groups excluding carboxylic acids is 2. The third-order valence-electron chi connectivity index (χ3n) is 4.76. The smallest absolute Gasteiger partial charge is 0.245 e. The minimum absolute atomic E-state index is 0.0753. The highest BCUT2D eigenvalue weighted by molar-refractivity contribution is 5.87. The number of nitrogens with zero attached hydrogens (tertiary/aromatic N) is 2. The molecule has 2 fully saturated rings. The van der Waals surface area contributed by atoms with Crippen molar-refractivity contribution in [2.45, 2.75) is 58.5 Å². The third-order valence-corrected chi connectivity index (χ3v) is 4.76. The van der Waals surface area contributed by atoms with Gasteiger partial charge < -0.3 is 10.2 Å². The summed E-state index contributed by atoms with van der Waals surface area (Å²) in [6.45, 7) is 8.96. The molecule has 1 saturated heterocycles. The summed E-state index contributed by atoms with van der Waals surface area (Å²) in [5.41, 5.74) is 0. The molecular formula is C16H29N3O2. The summed E-state index contributed by atoms with van der Waals surface area (Å²) in [4.78, 5) is 28.3. The van der Waals surface area contributed by atoms with Crippen molar-refractivity contribution in [2.75, 3.05) is 26.2 Å². The van der Waals surface area contributed by atoms with E-state index in [4.69, 9.17) is 0 Å². The number of nitrogens with one attached hydrogen (secondary N) is 1. The van der Waals surface area contributed by atoms with Crippen LogP contribution in [-0.4, -0.2) is 59.9 Å². The molecule has 2 amide bonds. The molecule has 1 aliphatic carbocycles. The standard InChI is InChI=1S/C16H29N3O2/c1-12(2)15(17-13(3)20)16(21)19-10-8-18(9-11-19)14-6-4-5-7-14/h12,14-15H,4-11H2,1-3H3,(H,17,20). The zero-order chi connectivity index (χ0) is 15.4. The van der Waals surface area contributed by atoms with Crippen LogP contribution in [0.1, 0.15) is 46.5 Å². The fourth-order valence-electron chi connectivity index (χ4n) is 3.51. The lowest BCUT2D eigenvalue weighted by molar-refractivity contribution is -0.139. The Hall–Kier alpha value is -1.10. The van der Waals surface area contributed by atoms with Gasteiger partial charge in [-0.1, -0.05) is 26.7 Å². The molecule has 2 rings (SSSR count). The van der Waals surface area contributed by atoms with Gasteiger partial charge in [-0.2, -0.15) is 0 Å². The molecule has 1 saturated carbocycles. The van der Waals surface area contributed by atoms with Gasteiger partial charge >= 0.3 is 0 Å². The average Bonchev–Trinajstić information content (AvgIpc) is 2.98. The lowest BCUT2D eigenvalue weighted by Crippen LogP contribution is -2.57. The van der Waals surface area contributed by atoms with Crippen molar-refractivity contribution < 1.29 is 9.59 Å². The van der Waals surface area contributed by atoms with Crippen LogP contribution in [0.5, 0.6) is 0 Å². The summed E-state index contributed by atoms with van der Waals surface area (Å²) >= 11 is 0. The molecule has 1 aliphatic heterocycles. The van der Waals surface area contributed by atoms with Crippen LogP contribution in [0.4, 0.5) is 0 Å². The monoisotopic (exact) mass is 295 g/mol. The van der Waals surface area contributed by atoms with E-state index in [2.05, 4.69) is 10.2 Å². The number of hydrogen-bond donors (Lipinski definition) is 1. The van der Waals surface area contributed by atoms with E-state index in [9.17, 15) is 9.59 Å². The van der Waals surface area contributed by atoms with Gasteiger partial charge in [0.1, 0.15) is 6.04 Å². The summed E-state index contributed by atoms with van der Waals surface area (Å²) in [5.74, 6) is 0.0622. The second kappa shape index (κ2) is 7.25. The highest BCUT2D eigenvalue weighted by Crippen LogP contribution is 2.24. The van der Waals surface area contributed by atoms with Crippen LogP contribution in [0.3, 0.4) is 0 Å². The first-order valence-corrected chi connectivity index (χ1v) is 8.29. The van der Waals surface area contributed by atoms with E-state index in [0.29, 0.717) is 0 Å². The minimum Gasteiger partial charge on any atom is -0.344 e. The van der Waals surface area contributed by atoms with E-state index in [1.54, 1.807) is 0 Å². The Morgan fingerprint density at radius 3 is 2.10 bits per heavy atom. The second-order valence-corrected chi connectivity index (χ2v) is 6.72. The van der Waals surface area contributed by atoms with E-state index in [1.165, 1.54) is 32.6 Å². The van der Waals surface area contributed by atoms with Gasteiger partial charge in [0.2, 0.25) is 11.8 Å². The molecule has 0 aromatic carbocycles. The van der Waals surface area contributed by atoms with Gasteiger partial charge in [0.05, 0.1) is 0 Å². The Balaban J connectivity index is 1.87. The Morgan fingerprint density at radius 1 is 1.05 bits per heavy atom. The van der Waals surface area contributed by atoms with Gasteiger partial charge in [-0.05, 0) is 18.8 Å². The number of carbonyl (C=O) groups is 2. The highest BCUT2D eigenvalue weighted by Gasteiger charge is 2.32. The molecule has 5 nitrogen and oxygen atoms in total. The van der Waals surface area contributed by atoms with Crippen LogP contribution >= 0.6 is 0 Å². The molecule has 1 unspecified atom stereocenters. The fraction of sp³-hybridized carbons (Fsp3) is 0.875. The molecule has 0 spiro atoms. The van der Waals surface area contributed by atoms with Gasteiger partial charge in [-0.25, -0.2) is 0 Å². The highest BCUT2D eigenvalue weighted by atomic mass is 16.2. The van der Waals surface area contributed by atoms with Crippen molar-refractivity contribution in [2.24, 2.45) is 5.92 Å². The van der Waals surface area contributed by atoms with Crippen LogP contribution in [0.15, 0.2) is 0 Å². The van der Waals surface area contributed by atoms with Crippen molar-refractivity contribution in [3.63, 3.8) is 0 Å². The van der Waals surface area contributed by atoms with Crippen LogP contribution in [0, 0.1) is 5.92 Å². The largest absolute Gasteiger partial charge is 0.344 e. The van der Waals surface area contributed by atoms with Crippen LogP contribution in [-0.2, 0) is 9.59 Å². The molecule has 21 heavy (non-hydrogen) atoms. The zero-order valence-electron chi connectivity index (χ0n) is 13.6. The van der Waals surface area contributed by atoms with Gasteiger partial charge in [-0.3, -0.25) is 14.5 Å². The molecule has 120 valence electrons. The maximum absolute atomic E-state index is 12.6. The lowest BCUT2D eigenvalue weighted by Gasteiger charge is -2.39. The maximum atomic E-state index is 12.6. The van der Waals surface area contributed by atoms with Gasteiger partial charge in [0, 0.05) is 39.1 Å². The number of hydrogen-bond acceptors (Lipinski definition) is 3. The van der Waals surface area contributed by atoms with Crippen LogP contribution in [0.2, 0.25) is 0 Å². The van der Waals surface area contributed by atoms with Crippen molar-refractivity contribution in [1.29, 1.82) is 0 Å². The molecule has 5 heteroatoms. The second-order valence-electron chi connectivity index (χ2n) is 6.72. The number of rotatable bonds is 4. The molecule has 0 aromatic heterocycles. The third kappa shape index (κ3) is 4.19. The summed E-state index contributed by atoms with van der Waals surface area (Å²) in [6.07, 6.45) is 5.33. The quantitative estimate of drug-likeness (QED) is 0.849. The van der Waals surface area contributed by atoms with Crippen LogP contribution in [0.25, 0.3) is 0 Å². The van der Waals surface area contributed by atoms with Crippen molar-refractivity contribution in [3.05, 3.63) is 0 Å². The first kappa shape index (κ1) is 16.3. The summed E-state index contributed by atoms with van der Waals surface area (Å²) in [7, 11) is 0. The van der Waals surface area contributed by atoms with Crippen molar-refractivity contribution in [1.82, 2.24) is 15.1 Å². The summed E-state index contributed by atoms with van der Waals surface area (Å²) < 4.78 is 0. The molecule has 1 atom stereocenters. The first-order chi connectivity index (χ1) is 9.99. The molecular weight excluding hydrogens is 266 g/mol. The number of piperazine rings is 1.